The fraction of sp³-hybridized carbons (Fsp3) is 0.708. The summed E-state index contributed by atoms with van der Waals surface area (Å²) >= 11 is 0. The molecular formula is C24H35N3O5. The Balaban J connectivity index is 1.48. The van der Waals surface area contributed by atoms with Crippen LogP contribution in [0.5, 0.6) is 0 Å². The molecule has 1 saturated carbocycles. The summed E-state index contributed by atoms with van der Waals surface area (Å²) in [6.45, 7) is 10.6. The minimum Gasteiger partial charge on any atom is -0.480 e. The highest BCUT2D eigenvalue weighted by Crippen LogP contribution is 2.46. The number of nitrogens with zero attached hydrogens (tertiary/aromatic N) is 3. The molecule has 1 aliphatic carbocycles. The van der Waals surface area contributed by atoms with Gasteiger partial charge in [-0.05, 0) is 64.0 Å². The van der Waals surface area contributed by atoms with Gasteiger partial charge in [0, 0.05) is 19.6 Å². The van der Waals surface area contributed by atoms with Crippen LogP contribution < -0.4 is 4.90 Å². The number of aliphatic carboxylic acids is 1. The molecule has 3 aliphatic rings. The van der Waals surface area contributed by atoms with Crippen molar-refractivity contribution in [2.24, 2.45) is 5.41 Å². The minimum atomic E-state index is -1.03. The molecule has 3 heterocycles. The van der Waals surface area contributed by atoms with E-state index in [2.05, 4.69) is 16.8 Å². The van der Waals surface area contributed by atoms with Gasteiger partial charge in [-0.25, -0.2) is 4.79 Å². The number of anilines is 1. The van der Waals surface area contributed by atoms with Gasteiger partial charge in [0.25, 0.3) is 0 Å². The smallest absolute Gasteiger partial charge is 0.410 e. The zero-order valence-electron chi connectivity index (χ0n) is 19.6. The van der Waals surface area contributed by atoms with E-state index in [1.807, 2.05) is 31.7 Å². The molecule has 3 fully saturated rings. The van der Waals surface area contributed by atoms with Gasteiger partial charge in [-0.1, -0.05) is 6.92 Å². The van der Waals surface area contributed by atoms with Crippen LogP contribution in [-0.4, -0.2) is 71.5 Å². The van der Waals surface area contributed by atoms with E-state index in [0.29, 0.717) is 12.2 Å². The van der Waals surface area contributed by atoms with Crippen LogP contribution in [0.15, 0.2) is 18.3 Å². The number of pyridine rings is 1. The molecule has 2 aliphatic heterocycles. The number of rotatable bonds is 6. The highest BCUT2D eigenvalue weighted by atomic mass is 16.6. The lowest BCUT2D eigenvalue weighted by atomic mass is 9.82. The summed E-state index contributed by atoms with van der Waals surface area (Å²) in [7, 11) is 0. The van der Waals surface area contributed by atoms with Crippen LogP contribution in [0.25, 0.3) is 0 Å². The molecule has 0 bridgehead atoms. The number of aromatic nitrogens is 1. The molecule has 1 amide bonds. The topological polar surface area (TPSA) is 92.2 Å². The van der Waals surface area contributed by atoms with Crippen molar-refractivity contribution in [1.29, 1.82) is 0 Å². The van der Waals surface area contributed by atoms with Crippen molar-refractivity contribution in [1.82, 2.24) is 9.88 Å². The first-order valence-electron chi connectivity index (χ1n) is 11.5. The average Bonchev–Trinajstić information content (AvgIpc) is 3.41. The Hall–Kier alpha value is -2.35. The maximum atomic E-state index is 13.1. The molecule has 1 aromatic rings. The second-order valence-electron chi connectivity index (χ2n) is 10.9. The Labute approximate surface area is 189 Å². The summed E-state index contributed by atoms with van der Waals surface area (Å²) in [5, 5.41) is 9.60. The van der Waals surface area contributed by atoms with Crippen LogP contribution in [0.1, 0.15) is 59.1 Å². The van der Waals surface area contributed by atoms with Gasteiger partial charge in [0.15, 0.2) is 5.41 Å². The quantitative estimate of drug-likeness (QED) is 0.717. The first-order chi connectivity index (χ1) is 15.0. The van der Waals surface area contributed by atoms with Crippen molar-refractivity contribution in [2.45, 2.75) is 70.4 Å². The van der Waals surface area contributed by atoms with E-state index in [0.717, 1.165) is 44.5 Å². The van der Waals surface area contributed by atoms with Crippen molar-refractivity contribution >= 4 is 17.7 Å². The summed E-state index contributed by atoms with van der Waals surface area (Å²) in [6, 6.07) is 3.81. The Bertz CT molecular complexity index is 855. The number of hydrogen-bond acceptors (Lipinski definition) is 6. The van der Waals surface area contributed by atoms with Crippen molar-refractivity contribution in [3.63, 3.8) is 0 Å². The molecule has 8 heteroatoms. The third-order valence-corrected chi connectivity index (χ3v) is 6.83. The average molecular weight is 446 g/mol. The highest BCUT2D eigenvalue weighted by molar-refractivity contribution is 5.82. The number of carbonyl (C=O) groups is 2. The molecule has 2 saturated heterocycles. The van der Waals surface area contributed by atoms with Gasteiger partial charge >= 0.3 is 12.1 Å². The van der Waals surface area contributed by atoms with E-state index >= 15 is 0 Å². The second kappa shape index (κ2) is 8.21. The number of piperidine rings is 1. The third-order valence-electron chi connectivity index (χ3n) is 6.83. The molecule has 176 valence electrons. The third kappa shape index (κ3) is 4.70. The van der Waals surface area contributed by atoms with E-state index in [1.165, 1.54) is 0 Å². The van der Waals surface area contributed by atoms with Gasteiger partial charge in [0.1, 0.15) is 5.60 Å². The normalized spacial score (nSPS) is 23.8. The lowest BCUT2D eigenvalue weighted by Crippen LogP contribution is -2.54. The molecule has 4 rings (SSSR count). The fourth-order valence-corrected chi connectivity index (χ4v) is 4.43. The van der Waals surface area contributed by atoms with Crippen molar-refractivity contribution in [2.75, 3.05) is 37.7 Å². The van der Waals surface area contributed by atoms with Gasteiger partial charge in [0.2, 0.25) is 0 Å². The van der Waals surface area contributed by atoms with E-state index in [4.69, 9.17) is 9.47 Å². The summed E-state index contributed by atoms with van der Waals surface area (Å²) in [5.74, 6) is -0.899. The van der Waals surface area contributed by atoms with Crippen LogP contribution in [0.3, 0.4) is 0 Å². The molecule has 0 radical (unpaired) electrons. The van der Waals surface area contributed by atoms with Crippen LogP contribution in [0, 0.1) is 5.41 Å². The summed E-state index contributed by atoms with van der Waals surface area (Å²) in [5.41, 5.74) is 0.111. The Morgan fingerprint density at radius 2 is 2.03 bits per heavy atom. The van der Waals surface area contributed by atoms with Crippen molar-refractivity contribution in [3.8, 4) is 0 Å². The molecule has 1 atom stereocenters. The maximum Gasteiger partial charge on any atom is 0.410 e. The molecule has 8 nitrogen and oxygen atoms in total. The van der Waals surface area contributed by atoms with E-state index in [-0.39, 0.29) is 30.8 Å². The van der Waals surface area contributed by atoms with Gasteiger partial charge in [-0.2, -0.15) is 0 Å². The first kappa shape index (κ1) is 22.8. The number of carbonyl (C=O) groups excluding carboxylic acids is 1. The number of ether oxygens (including phenoxy) is 2. The number of hydrogen-bond donors (Lipinski definition) is 1. The molecule has 1 aromatic heterocycles. The molecular weight excluding hydrogens is 410 g/mol. The second-order valence-corrected chi connectivity index (χ2v) is 10.9. The predicted molar refractivity (Wildman–Crippen MR) is 120 cm³/mol. The minimum absolute atomic E-state index is 0.0705. The number of carboxylic acids is 1. The molecule has 32 heavy (non-hydrogen) atoms. The number of amides is 1. The van der Waals surface area contributed by atoms with E-state index < -0.39 is 17.0 Å². The number of carboxylic acid groups (broad SMARTS) is 1. The summed E-state index contributed by atoms with van der Waals surface area (Å²) < 4.78 is 10.9. The summed E-state index contributed by atoms with van der Waals surface area (Å²) in [4.78, 5) is 33.4. The Kier molecular flexibility index (Phi) is 5.86. The standard InChI is InChI=1S/C24H35N3O5/c1-22(2,3)32-21(30)27(14-23(4)9-10-23)18-6-5-11-26(13-18)17-7-8-19(25-12-17)24(20(28)29)15-31-16-24/h7-8,12,18H,5-6,9-11,13-16H2,1-4H3,(H,28,29)/t18-/m1/s1. The van der Waals surface area contributed by atoms with E-state index in [1.54, 1.807) is 12.3 Å². The summed E-state index contributed by atoms with van der Waals surface area (Å²) in [6.07, 6.45) is 5.71. The van der Waals surface area contributed by atoms with Crippen LogP contribution >= 0.6 is 0 Å². The van der Waals surface area contributed by atoms with Gasteiger partial charge < -0.3 is 24.4 Å². The molecule has 0 unspecified atom stereocenters. The lowest BCUT2D eigenvalue weighted by molar-refractivity contribution is -0.163. The predicted octanol–water partition coefficient (Wildman–Crippen LogP) is 3.44. The molecule has 1 N–H and O–H groups in total. The zero-order chi connectivity index (χ0) is 23.1. The van der Waals surface area contributed by atoms with Gasteiger partial charge in [-0.3, -0.25) is 9.78 Å². The SMILES string of the molecule is CC1(CN(C(=O)OC(C)(C)C)[C@@H]2CCCN(c3ccc(C4(C(=O)O)COC4)nc3)C2)CC1. The van der Waals surface area contributed by atoms with Crippen LogP contribution in [0.4, 0.5) is 10.5 Å². The van der Waals surface area contributed by atoms with Gasteiger partial charge in [0.05, 0.1) is 36.8 Å². The lowest BCUT2D eigenvalue weighted by Gasteiger charge is -2.42. The van der Waals surface area contributed by atoms with Gasteiger partial charge in [-0.15, -0.1) is 0 Å². The highest BCUT2D eigenvalue weighted by Gasteiger charge is 2.49. The Morgan fingerprint density at radius 3 is 2.53 bits per heavy atom. The van der Waals surface area contributed by atoms with Crippen molar-refractivity contribution < 1.29 is 24.2 Å². The fourth-order valence-electron chi connectivity index (χ4n) is 4.43. The zero-order valence-corrected chi connectivity index (χ0v) is 19.6. The molecule has 0 aromatic carbocycles. The maximum absolute atomic E-state index is 13.1. The molecule has 0 spiro atoms. The van der Waals surface area contributed by atoms with Crippen molar-refractivity contribution in [3.05, 3.63) is 24.0 Å². The van der Waals surface area contributed by atoms with E-state index in [9.17, 15) is 14.7 Å². The Morgan fingerprint density at radius 1 is 1.31 bits per heavy atom. The van der Waals surface area contributed by atoms with Crippen LogP contribution in [0.2, 0.25) is 0 Å². The monoisotopic (exact) mass is 445 g/mol. The largest absolute Gasteiger partial charge is 0.480 e. The first-order valence-corrected chi connectivity index (χ1v) is 11.5. The van der Waals surface area contributed by atoms with Crippen LogP contribution in [-0.2, 0) is 19.7 Å².